The van der Waals surface area contributed by atoms with Crippen molar-refractivity contribution in [1.82, 2.24) is 20.5 Å². The molecule has 8 nitrogen and oxygen atoms in total. The van der Waals surface area contributed by atoms with Gasteiger partial charge in [-0.1, -0.05) is 68.2 Å². The van der Waals surface area contributed by atoms with Crippen molar-refractivity contribution in [3.8, 4) is 5.75 Å². The molecule has 5 rings (SSSR count). The molecule has 1 fully saturated rings. The average Bonchev–Trinajstić information content (AvgIpc) is 3.39. The third-order valence-corrected chi connectivity index (χ3v) is 10.1. The highest BCUT2D eigenvalue weighted by atomic mass is 35.5. The Labute approximate surface area is 319 Å². The Bertz CT molecular complexity index is 1530. The topological polar surface area (TPSA) is 81.6 Å². The number of hydrogen-bond acceptors (Lipinski definition) is 9. The number of aliphatic imine (C=N–C) groups is 1. The fraction of sp³-hybridized carbons (Fsp3) is 0.500. The van der Waals surface area contributed by atoms with Gasteiger partial charge in [-0.05, 0) is 111 Å². The summed E-state index contributed by atoms with van der Waals surface area (Å²) in [6, 6.07) is 18.3. The molecule has 2 aliphatic heterocycles. The summed E-state index contributed by atoms with van der Waals surface area (Å²) in [4.78, 5) is 21.0. The molecular formula is C38H54Cl2N6O2S2. The predicted molar refractivity (Wildman–Crippen MR) is 218 cm³/mol. The lowest BCUT2D eigenvalue weighted by molar-refractivity contribution is 0.242. The molecule has 0 radical (unpaired) electrons. The van der Waals surface area contributed by atoms with Crippen LogP contribution in [-0.4, -0.2) is 81.2 Å². The number of piperazine rings is 1. The maximum absolute atomic E-state index is 12.5. The number of nitroso groups, excluding NO2 is 1. The number of nitrogens with one attached hydrogen (secondary N) is 2. The van der Waals surface area contributed by atoms with E-state index in [2.05, 4.69) is 47.8 Å². The predicted octanol–water partition coefficient (Wildman–Crippen LogP) is 8.86. The molecule has 3 aromatic rings. The van der Waals surface area contributed by atoms with Gasteiger partial charge in [0, 0.05) is 41.1 Å². The minimum Gasteiger partial charge on any atom is -0.493 e. The van der Waals surface area contributed by atoms with Crippen molar-refractivity contribution in [2.75, 3.05) is 65.4 Å². The van der Waals surface area contributed by atoms with E-state index in [1.165, 1.54) is 49.9 Å². The number of ether oxygens (including phenoxy) is 1. The second-order valence-corrected chi connectivity index (χ2v) is 15.8. The van der Waals surface area contributed by atoms with E-state index in [1.54, 1.807) is 12.1 Å². The van der Waals surface area contributed by atoms with E-state index in [9.17, 15) is 4.91 Å². The fourth-order valence-corrected chi connectivity index (χ4v) is 7.27. The van der Waals surface area contributed by atoms with Gasteiger partial charge in [-0.15, -0.1) is 17.5 Å². The van der Waals surface area contributed by atoms with E-state index in [0.717, 1.165) is 21.6 Å². The Kier molecular flexibility index (Phi) is 16.9. The van der Waals surface area contributed by atoms with Crippen LogP contribution in [0.25, 0.3) is 0 Å². The molecule has 2 heterocycles. The van der Waals surface area contributed by atoms with E-state index in [1.807, 2.05) is 88.2 Å². The normalized spacial score (nSPS) is 19.1. The summed E-state index contributed by atoms with van der Waals surface area (Å²) in [6.07, 6.45) is 3.53. The minimum atomic E-state index is -0.857. The molecule has 3 aromatic carbocycles. The van der Waals surface area contributed by atoms with Crippen LogP contribution in [0.15, 0.2) is 75.8 Å². The highest BCUT2D eigenvalue weighted by molar-refractivity contribution is 7.98. The number of hydrogen-bond donors (Lipinski definition) is 3. The first kappa shape index (κ1) is 42.1. The number of nitrogens with zero attached hydrogens (tertiary/aromatic N) is 4. The molecule has 1 saturated heterocycles. The third-order valence-electron chi connectivity index (χ3n) is 8.51. The second kappa shape index (κ2) is 20.1. The zero-order valence-electron chi connectivity index (χ0n) is 30.7. The molecular weight excluding hydrogens is 707 g/mol. The van der Waals surface area contributed by atoms with Crippen molar-refractivity contribution < 1.29 is 4.74 Å². The van der Waals surface area contributed by atoms with Crippen molar-refractivity contribution >= 4 is 53.4 Å². The maximum Gasteiger partial charge on any atom is 0.160 e. The van der Waals surface area contributed by atoms with Crippen LogP contribution in [0.4, 0.5) is 0 Å². The number of halogens is 2. The van der Waals surface area contributed by atoms with E-state index in [0.29, 0.717) is 33.8 Å². The van der Waals surface area contributed by atoms with Crippen molar-refractivity contribution in [2.45, 2.75) is 62.9 Å². The van der Waals surface area contributed by atoms with Crippen LogP contribution in [0.5, 0.6) is 5.75 Å². The quantitative estimate of drug-likeness (QED) is 0.108. The Hall–Kier alpha value is -2.31. The SMILES string of the molecule is CCOc1cc(C(C)(C)C)c(S)cc1C1=NC(C)(c2ccc(Cl)cc2)C(c2ccc(Cl)cc2)N1N=O.CNC.CSCCCN1CCNCC1. The van der Waals surface area contributed by atoms with Gasteiger partial charge >= 0.3 is 0 Å². The average molecular weight is 762 g/mol. The van der Waals surface area contributed by atoms with Gasteiger partial charge < -0.3 is 20.3 Å². The summed E-state index contributed by atoms with van der Waals surface area (Å²) in [5, 5.41) is 12.2. The van der Waals surface area contributed by atoms with Gasteiger partial charge in [0.1, 0.15) is 17.3 Å². The molecule has 0 bridgehead atoms. The monoisotopic (exact) mass is 760 g/mol. The minimum absolute atomic E-state index is 0.148. The third kappa shape index (κ3) is 11.1. The number of thiol groups is 1. The first-order valence-corrected chi connectivity index (χ1v) is 19.7. The molecule has 0 saturated carbocycles. The Balaban J connectivity index is 0.000000404. The second-order valence-electron chi connectivity index (χ2n) is 13.5. The van der Waals surface area contributed by atoms with Gasteiger partial charge in [-0.25, -0.2) is 5.01 Å². The van der Waals surface area contributed by atoms with Crippen LogP contribution in [0, 0.1) is 4.91 Å². The number of thioether (sulfide) groups is 1. The van der Waals surface area contributed by atoms with Gasteiger partial charge in [0.2, 0.25) is 0 Å². The molecule has 0 spiro atoms. The molecule has 2 unspecified atom stereocenters. The Morgan fingerprint density at radius 2 is 1.64 bits per heavy atom. The summed E-state index contributed by atoms with van der Waals surface area (Å²) in [5.74, 6) is 2.36. The molecule has 0 amide bonds. The number of benzene rings is 3. The lowest BCUT2D eigenvalue weighted by atomic mass is 9.82. The summed E-state index contributed by atoms with van der Waals surface area (Å²) in [5.41, 5.74) is 2.44. The zero-order chi connectivity index (χ0) is 36.9. The molecule has 0 aliphatic carbocycles. The highest BCUT2D eigenvalue weighted by Crippen LogP contribution is 2.50. The van der Waals surface area contributed by atoms with E-state index in [-0.39, 0.29) is 5.41 Å². The lowest BCUT2D eigenvalue weighted by Crippen LogP contribution is -2.43. The molecule has 2 aliphatic rings. The molecule has 2 N–H and O–H groups in total. The van der Waals surface area contributed by atoms with Gasteiger partial charge in [0.25, 0.3) is 0 Å². The molecule has 2 atom stereocenters. The standard InChI is InChI=1S/C28H29Cl2N3O2S.C8H18N2S.C2H7N/c1-6-35-23-16-22(27(2,3)4)24(36)15-21(23)26-31-28(5,18-9-13-20(30)14-10-18)25(33(26)32-34)17-7-11-19(29)12-8-17;1-11-8-2-5-10-6-3-9-4-7-10;1-3-2/h7-16,25,36H,6H2,1-5H3;9H,2-8H2,1H3;3H,1-2H3. The maximum atomic E-state index is 12.5. The summed E-state index contributed by atoms with van der Waals surface area (Å²) in [6.45, 7) is 16.9. The van der Waals surface area contributed by atoms with Crippen LogP contribution in [0.2, 0.25) is 10.0 Å². The van der Waals surface area contributed by atoms with Crippen LogP contribution >= 0.6 is 47.6 Å². The Morgan fingerprint density at radius 3 is 2.16 bits per heavy atom. The van der Waals surface area contributed by atoms with Crippen LogP contribution < -0.4 is 15.4 Å². The largest absolute Gasteiger partial charge is 0.493 e. The molecule has 274 valence electrons. The highest BCUT2D eigenvalue weighted by Gasteiger charge is 2.49. The van der Waals surface area contributed by atoms with E-state index >= 15 is 0 Å². The zero-order valence-corrected chi connectivity index (χ0v) is 33.9. The van der Waals surface area contributed by atoms with Gasteiger partial charge in [0.15, 0.2) is 5.84 Å². The van der Waals surface area contributed by atoms with Crippen LogP contribution in [0.3, 0.4) is 0 Å². The van der Waals surface area contributed by atoms with Gasteiger partial charge in [-0.2, -0.15) is 11.8 Å². The van der Waals surface area contributed by atoms with Crippen molar-refractivity contribution in [2.24, 2.45) is 10.3 Å². The van der Waals surface area contributed by atoms with Crippen molar-refractivity contribution in [3.63, 3.8) is 0 Å². The summed E-state index contributed by atoms with van der Waals surface area (Å²) >= 11 is 19.1. The first-order valence-electron chi connectivity index (χ1n) is 17.1. The van der Waals surface area contributed by atoms with E-state index < -0.39 is 11.6 Å². The Morgan fingerprint density at radius 1 is 1.06 bits per heavy atom. The summed E-state index contributed by atoms with van der Waals surface area (Å²) in [7, 11) is 3.75. The van der Waals surface area contributed by atoms with E-state index in [4.69, 9.17) is 45.6 Å². The molecule has 50 heavy (non-hydrogen) atoms. The van der Waals surface area contributed by atoms with Gasteiger partial charge in [-0.3, -0.25) is 4.99 Å². The van der Waals surface area contributed by atoms with Crippen LogP contribution in [-0.2, 0) is 11.0 Å². The number of amidine groups is 1. The fourth-order valence-electron chi connectivity index (χ4n) is 6.07. The summed E-state index contributed by atoms with van der Waals surface area (Å²) < 4.78 is 6.06. The van der Waals surface area contributed by atoms with Crippen molar-refractivity contribution in [3.05, 3.63) is 97.9 Å². The number of rotatable bonds is 10. The van der Waals surface area contributed by atoms with Crippen LogP contribution in [0.1, 0.15) is 69.3 Å². The molecule has 0 aromatic heterocycles. The molecule has 12 heteroatoms. The van der Waals surface area contributed by atoms with Crippen molar-refractivity contribution in [1.29, 1.82) is 0 Å². The smallest absolute Gasteiger partial charge is 0.160 e. The lowest BCUT2D eigenvalue weighted by Gasteiger charge is -2.32. The van der Waals surface area contributed by atoms with Gasteiger partial charge in [0.05, 0.1) is 17.5 Å². The first-order chi connectivity index (χ1) is 23.8.